The molecule has 1 fully saturated rings. The Kier molecular flexibility index (Phi) is 5.41. The van der Waals surface area contributed by atoms with E-state index in [1.807, 2.05) is 24.3 Å². The van der Waals surface area contributed by atoms with Gasteiger partial charge < -0.3 is 14.8 Å². The first-order valence-electron chi connectivity index (χ1n) is 8.98. The summed E-state index contributed by atoms with van der Waals surface area (Å²) >= 11 is 0. The Morgan fingerprint density at radius 3 is 2.80 bits per heavy atom. The van der Waals surface area contributed by atoms with Gasteiger partial charge in [-0.15, -0.1) is 0 Å². The van der Waals surface area contributed by atoms with E-state index in [0.717, 1.165) is 30.6 Å². The van der Waals surface area contributed by atoms with Gasteiger partial charge in [0.25, 0.3) is 5.91 Å². The lowest BCUT2D eigenvalue weighted by atomic mass is 9.86. The van der Waals surface area contributed by atoms with E-state index in [-0.39, 0.29) is 18.6 Å². The fourth-order valence-electron chi connectivity index (χ4n) is 3.35. The van der Waals surface area contributed by atoms with Gasteiger partial charge in [-0.25, -0.2) is 4.79 Å². The molecule has 3 rings (SSSR count). The van der Waals surface area contributed by atoms with Crippen LogP contribution in [0, 0.1) is 5.92 Å². The molecular weight excluding hydrogens is 318 g/mol. The van der Waals surface area contributed by atoms with Gasteiger partial charge >= 0.3 is 5.97 Å². The van der Waals surface area contributed by atoms with E-state index in [4.69, 9.17) is 9.47 Å². The van der Waals surface area contributed by atoms with Crippen molar-refractivity contribution in [3.8, 4) is 5.75 Å². The van der Waals surface area contributed by atoms with Crippen LogP contribution in [0.5, 0.6) is 5.75 Å². The number of fused-ring (bicyclic) bond motifs is 1. The van der Waals surface area contributed by atoms with Gasteiger partial charge in [0.15, 0.2) is 6.10 Å². The van der Waals surface area contributed by atoms with Crippen molar-refractivity contribution in [3.05, 3.63) is 35.4 Å². The second kappa shape index (κ2) is 7.72. The normalized spacial score (nSPS) is 23.5. The van der Waals surface area contributed by atoms with Gasteiger partial charge in [0.2, 0.25) is 0 Å². The lowest BCUT2D eigenvalue weighted by molar-refractivity contribution is -0.151. The molecule has 1 aromatic rings. The van der Waals surface area contributed by atoms with Gasteiger partial charge in [0.05, 0.1) is 5.57 Å². The van der Waals surface area contributed by atoms with Gasteiger partial charge in [-0.1, -0.05) is 38.0 Å². The first kappa shape index (κ1) is 17.5. The number of carbonyl (C=O) groups is 2. The zero-order valence-electron chi connectivity index (χ0n) is 14.8. The van der Waals surface area contributed by atoms with Crippen molar-refractivity contribution in [2.24, 2.45) is 5.92 Å². The Bertz CT molecular complexity index is 682. The summed E-state index contributed by atoms with van der Waals surface area (Å²) in [4.78, 5) is 24.7. The second-order valence-electron chi connectivity index (χ2n) is 6.92. The van der Waals surface area contributed by atoms with Gasteiger partial charge in [0, 0.05) is 11.6 Å². The van der Waals surface area contributed by atoms with Crippen molar-refractivity contribution in [2.45, 2.75) is 51.7 Å². The highest BCUT2D eigenvalue weighted by Gasteiger charge is 2.27. The minimum absolute atomic E-state index is 0.157. The molecule has 1 saturated carbocycles. The molecule has 1 amide bonds. The fourth-order valence-corrected chi connectivity index (χ4v) is 3.35. The molecule has 0 spiro atoms. The Balaban J connectivity index is 1.57. The fraction of sp³-hybridized carbons (Fsp3) is 0.500. The Hall–Kier alpha value is -2.30. The standard InChI is InChI=1S/C20H25NO4/c1-13-7-3-5-9-17(13)21-19(22)14(2)25-20(23)16-11-15-8-4-6-10-18(15)24-12-16/h4,6,8,10-11,13-14,17H,3,5,7,9,12H2,1-2H3,(H,21,22)/t13-,14+,17-/m0/s1. The van der Waals surface area contributed by atoms with Crippen LogP contribution in [0.1, 0.15) is 45.1 Å². The third-order valence-corrected chi connectivity index (χ3v) is 4.99. The van der Waals surface area contributed by atoms with Crippen molar-refractivity contribution in [1.29, 1.82) is 0 Å². The Morgan fingerprint density at radius 2 is 2.00 bits per heavy atom. The molecule has 1 aromatic carbocycles. The number of nitrogens with one attached hydrogen (secondary N) is 1. The second-order valence-corrected chi connectivity index (χ2v) is 6.92. The summed E-state index contributed by atoms with van der Waals surface area (Å²) in [6.45, 7) is 3.92. The molecule has 3 atom stereocenters. The van der Waals surface area contributed by atoms with Crippen LogP contribution in [0.25, 0.3) is 6.08 Å². The number of amides is 1. The van der Waals surface area contributed by atoms with Gasteiger partial charge in [0.1, 0.15) is 12.4 Å². The minimum Gasteiger partial charge on any atom is -0.488 e. The molecule has 1 heterocycles. The highest BCUT2D eigenvalue weighted by molar-refractivity contribution is 5.96. The zero-order chi connectivity index (χ0) is 17.8. The third-order valence-electron chi connectivity index (χ3n) is 4.99. The van der Waals surface area contributed by atoms with Crippen molar-refractivity contribution in [3.63, 3.8) is 0 Å². The van der Waals surface area contributed by atoms with Crippen molar-refractivity contribution in [1.82, 2.24) is 5.32 Å². The Morgan fingerprint density at radius 1 is 1.24 bits per heavy atom. The van der Waals surface area contributed by atoms with Crippen LogP contribution < -0.4 is 10.1 Å². The summed E-state index contributed by atoms with van der Waals surface area (Å²) < 4.78 is 10.9. The van der Waals surface area contributed by atoms with E-state index in [1.165, 1.54) is 6.42 Å². The van der Waals surface area contributed by atoms with Crippen LogP contribution >= 0.6 is 0 Å². The van der Waals surface area contributed by atoms with Crippen LogP contribution in [0.15, 0.2) is 29.8 Å². The van der Waals surface area contributed by atoms with Gasteiger partial charge in [-0.2, -0.15) is 0 Å². The maximum atomic E-state index is 12.3. The van der Waals surface area contributed by atoms with Crippen molar-refractivity contribution < 1.29 is 19.1 Å². The summed E-state index contributed by atoms with van der Waals surface area (Å²) in [7, 11) is 0. The number of benzene rings is 1. The summed E-state index contributed by atoms with van der Waals surface area (Å²) in [6.07, 6.45) is 5.40. The molecule has 0 bridgehead atoms. The minimum atomic E-state index is -0.820. The summed E-state index contributed by atoms with van der Waals surface area (Å²) in [5.41, 5.74) is 1.26. The first-order valence-corrected chi connectivity index (χ1v) is 8.98. The van der Waals surface area contributed by atoms with Crippen LogP contribution in [0.3, 0.4) is 0 Å². The predicted molar refractivity (Wildman–Crippen MR) is 95.0 cm³/mol. The number of rotatable bonds is 4. The molecular formula is C20H25NO4. The van der Waals surface area contributed by atoms with Crippen LogP contribution in [-0.4, -0.2) is 30.6 Å². The molecule has 1 aliphatic carbocycles. The number of carbonyl (C=O) groups excluding carboxylic acids is 2. The smallest absolute Gasteiger partial charge is 0.338 e. The average Bonchev–Trinajstić information content (AvgIpc) is 2.63. The van der Waals surface area contributed by atoms with Crippen molar-refractivity contribution in [2.75, 3.05) is 6.61 Å². The maximum Gasteiger partial charge on any atom is 0.338 e. The molecule has 0 saturated heterocycles. The summed E-state index contributed by atoms with van der Waals surface area (Å²) in [5.74, 6) is 0.473. The highest BCUT2D eigenvalue weighted by atomic mass is 16.6. The molecule has 1 N–H and O–H groups in total. The summed E-state index contributed by atoms with van der Waals surface area (Å²) in [6, 6.07) is 7.67. The lowest BCUT2D eigenvalue weighted by Gasteiger charge is -2.30. The predicted octanol–water partition coefficient (Wildman–Crippen LogP) is 3.09. The number of esters is 1. The zero-order valence-corrected chi connectivity index (χ0v) is 14.8. The molecule has 0 aromatic heterocycles. The molecule has 2 aliphatic rings. The molecule has 25 heavy (non-hydrogen) atoms. The van der Waals surface area contributed by atoms with Gasteiger partial charge in [-0.3, -0.25) is 4.79 Å². The Labute approximate surface area is 148 Å². The number of hydrogen-bond acceptors (Lipinski definition) is 4. The van der Waals surface area contributed by atoms with Crippen molar-refractivity contribution >= 4 is 18.0 Å². The largest absolute Gasteiger partial charge is 0.488 e. The van der Waals surface area contributed by atoms with Gasteiger partial charge in [-0.05, 0) is 37.8 Å². The highest BCUT2D eigenvalue weighted by Crippen LogP contribution is 2.26. The third kappa shape index (κ3) is 4.21. The number of hydrogen-bond donors (Lipinski definition) is 1. The number of para-hydroxylation sites is 1. The molecule has 0 unspecified atom stereocenters. The van der Waals surface area contributed by atoms with Crippen LogP contribution in [0.2, 0.25) is 0 Å². The molecule has 5 nitrogen and oxygen atoms in total. The van der Waals surface area contributed by atoms with E-state index in [1.54, 1.807) is 13.0 Å². The SMILES string of the molecule is C[C@@H](OC(=O)C1=Cc2ccccc2OC1)C(=O)N[C@H]1CCCC[C@@H]1C. The van der Waals surface area contributed by atoms with E-state index >= 15 is 0 Å². The average molecular weight is 343 g/mol. The quantitative estimate of drug-likeness (QED) is 0.853. The molecule has 0 radical (unpaired) electrons. The van der Waals surface area contributed by atoms with E-state index < -0.39 is 12.1 Å². The van der Waals surface area contributed by atoms with E-state index in [9.17, 15) is 9.59 Å². The monoisotopic (exact) mass is 343 g/mol. The molecule has 134 valence electrons. The van der Waals surface area contributed by atoms with E-state index in [2.05, 4.69) is 12.2 Å². The number of ether oxygens (including phenoxy) is 2. The topological polar surface area (TPSA) is 64.6 Å². The maximum absolute atomic E-state index is 12.3. The first-order chi connectivity index (χ1) is 12.0. The van der Waals surface area contributed by atoms with Crippen LogP contribution in [0.4, 0.5) is 0 Å². The summed E-state index contributed by atoms with van der Waals surface area (Å²) in [5, 5.41) is 3.03. The molecule has 1 aliphatic heterocycles. The molecule has 5 heteroatoms. The van der Waals surface area contributed by atoms with Crippen LogP contribution in [-0.2, 0) is 14.3 Å². The van der Waals surface area contributed by atoms with E-state index in [0.29, 0.717) is 11.5 Å². The lowest BCUT2D eigenvalue weighted by Crippen LogP contribution is -2.46.